The molecule has 0 saturated heterocycles. The van der Waals surface area contributed by atoms with Crippen LogP contribution in [0.5, 0.6) is 0 Å². The Morgan fingerprint density at radius 3 is 1.75 bits per heavy atom. The fourth-order valence-electron chi connectivity index (χ4n) is 0.723. The Bertz CT molecular complexity index is 156. The van der Waals surface area contributed by atoms with E-state index in [9.17, 15) is 14.7 Å². The van der Waals surface area contributed by atoms with Crippen molar-refractivity contribution in [3.63, 3.8) is 0 Å². The summed E-state index contributed by atoms with van der Waals surface area (Å²) >= 11 is 0. The van der Waals surface area contributed by atoms with Crippen molar-refractivity contribution in [2.45, 2.75) is 32.6 Å². The van der Waals surface area contributed by atoms with Crippen LogP contribution in [0.3, 0.4) is 0 Å². The van der Waals surface area contributed by atoms with Crippen molar-refractivity contribution in [3.05, 3.63) is 0 Å². The van der Waals surface area contributed by atoms with Gasteiger partial charge in [0, 0.05) is 0 Å². The Kier molecular flexibility index (Phi) is 3.50. The molecule has 0 spiro atoms. The van der Waals surface area contributed by atoms with Crippen LogP contribution in [0.2, 0.25) is 25.7 Å². The zero-order valence-corrected chi connectivity index (χ0v) is 10.3. The van der Waals surface area contributed by atoms with Gasteiger partial charge in [-0.25, -0.2) is 0 Å². The zero-order chi connectivity index (χ0) is 10.1. The van der Waals surface area contributed by atoms with Gasteiger partial charge in [-0.3, -0.25) is 0 Å². The van der Waals surface area contributed by atoms with Gasteiger partial charge < -0.3 is 0 Å². The molecule has 0 aromatic rings. The first-order valence-electron chi connectivity index (χ1n) is 4.29. The Morgan fingerprint density at radius 1 is 1.08 bits per heavy atom. The van der Waals surface area contributed by atoms with Crippen molar-refractivity contribution in [1.82, 2.24) is 0 Å². The Hall–Kier alpha value is 0.527. The van der Waals surface area contributed by atoms with Crippen LogP contribution >= 0.6 is 7.28 Å². The molecule has 0 aliphatic rings. The van der Waals surface area contributed by atoms with Crippen LogP contribution in [0, 0.1) is 0 Å². The molecule has 0 aliphatic carbocycles. The van der Waals surface area contributed by atoms with E-state index in [4.69, 9.17) is 0 Å². The van der Waals surface area contributed by atoms with Crippen LogP contribution < -0.4 is 0 Å². The maximum atomic E-state index is 9.42. The van der Waals surface area contributed by atoms with Crippen molar-refractivity contribution in [2.24, 2.45) is 0 Å². The van der Waals surface area contributed by atoms with Gasteiger partial charge in [-0.05, 0) is 0 Å². The molecule has 0 saturated carbocycles. The summed E-state index contributed by atoms with van der Waals surface area (Å²) < 4.78 is 0. The molecule has 0 radical (unpaired) electrons. The van der Waals surface area contributed by atoms with E-state index in [2.05, 4.69) is 19.6 Å². The second kappa shape index (κ2) is 3.35. The summed E-state index contributed by atoms with van der Waals surface area (Å²) in [7, 11) is -5.49. The second-order valence-electron chi connectivity index (χ2n) is 4.69. The predicted octanol–water partition coefficient (Wildman–Crippen LogP) is 1.62. The molecular weight excluding hydrogens is 191 g/mol. The van der Waals surface area contributed by atoms with E-state index < -0.39 is 15.4 Å². The third kappa shape index (κ3) is 6.09. The normalized spacial score (nSPS) is 17.1. The van der Waals surface area contributed by atoms with E-state index >= 15 is 0 Å². The quantitative estimate of drug-likeness (QED) is 0.490. The Labute approximate surface area is 75.6 Å². The topological polar surface area (TPSA) is 60.7 Å². The summed E-state index contributed by atoms with van der Waals surface area (Å²) in [5, 5.41) is 0. The van der Waals surface area contributed by atoms with E-state index in [1.54, 1.807) is 6.92 Å². The molecule has 3 nitrogen and oxygen atoms in total. The number of hydrogen-bond donors (Lipinski definition) is 3. The van der Waals surface area contributed by atoms with Gasteiger partial charge in [0.15, 0.2) is 0 Å². The molecule has 0 aromatic heterocycles. The first-order chi connectivity index (χ1) is 5.03. The summed E-state index contributed by atoms with van der Waals surface area (Å²) in [6.07, 6.45) is 0.258. The maximum absolute atomic E-state index is 9.42. The first kappa shape index (κ1) is 12.5. The van der Waals surface area contributed by atoms with Crippen molar-refractivity contribution in [2.75, 3.05) is 12.3 Å². The predicted molar refractivity (Wildman–Crippen MR) is 57.1 cm³/mol. The SMILES string of the molecule is CCP(O)(O)(O)CC[Si](C)(C)C. The van der Waals surface area contributed by atoms with Crippen molar-refractivity contribution in [3.8, 4) is 0 Å². The summed E-state index contributed by atoms with van der Waals surface area (Å²) in [4.78, 5) is 28.2. The molecule has 0 aromatic carbocycles. The van der Waals surface area contributed by atoms with Gasteiger partial charge in [0.1, 0.15) is 0 Å². The molecule has 3 N–H and O–H groups in total. The van der Waals surface area contributed by atoms with Gasteiger partial charge in [-0.1, -0.05) is 0 Å². The van der Waals surface area contributed by atoms with E-state index in [0.717, 1.165) is 6.04 Å². The van der Waals surface area contributed by atoms with Crippen molar-refractivity contribution >= 4 is 15.4 Å². The molecule has 0 heterocycles. The van der Waals surface area contributed by atoms with E-state index in [1.807, 2.05) is 0 Å². The van der Waals surface area contributed by atoms with Gasteiger partial charge >= 0.3 is 75.0 Å². The molecule has 0 aliphatic heterocycles. The molecule has 0 bridgehead atoms. The fraction of sp³-hybridized carbons (Fsp3) is 1.00. The van der Waals surface area contributed by atoms with Crippen LogP contribution in [0.4, 0.5) is 0 Å². The molecule has 76 valence electrons. The summed E-state index contributed by atoms with van der Waals surface area (Å²) in [6, 6.07) is 0.766. The third-order valence-electron chi connectivity index (χ3n) is 1.97. The number of rotatable bonds is 4. The summed E-state index contributed by atoms with van der Waals surface area (Å²) in [6.45, 7) is 8.06. The van der Waals surface area contributed by atoms with E-state index in [1.165, 1.54) is 0 Å². The monoisotopic (exact) mass is 212 g/mol. The average Bonchev–Trinajstić information content (AvgIpc) is 1.83. The summed E-state index contributed by atoms with van der Waals surface area (Å²) in [5.41, 5.74) is 0. The molecule has 0 unspecified atom stereocenters. The second-order valence-corrected chi connectivity index (χ2v) is 14.1. The fourth-order valence-corrected chi connectivity index (χ4v) is 5.55. The van der Waals surface area contributed by atoms with Gasteiger partial charge in [0.2, 0.25) is 0 Å². The third-order valence-corrected chi connectivity index (χ3v) is 6.57. The van der Waals surface area contributed by atoms with Crippen molar-refractivity contribution < 1.29 is 14.7 Å². The van der Waals surface area contributed by atoms with Crippen LogP contribution in [0.1, 0.15) is 6.92 Å². The minimum absolute atomic E-state index is 0.0794. The average molecular weight is 212 g/mol. The molecule has 5 heteroatoms. The molecule has 0 amide bonds. The molecule has 0 rings (SSSR count). The molecule has 12 heavy (non-hydrogen) atoms. The van der Waals surface area contributed by atoms with Crippen LogP contribution in [0.25, 0.3) is 0 Å². The standard InChI is InChI=1S/C7H21O3PSi/c1-5-11(8,9,10)6-7-12(2,3)4/h8-10H,5-7H2,1-4H3. The molecule has 0 atom stereocenters. The van der Waals surface area contributed by atoms with Crippen molar-refractivity contribution in [1.29, 1.82) is 0 Å². The summed E-state index contributed by atoms with van der Waals surface area (Å²) in [5.74, 6) is 0. The van der Waals surface area contributed by atoms with Gasteiger partial charge in [-0.15, -0.1) is 0 Å². The van der Waals surface area contributed by atoms with Gasteiger partial charge in [-0.2, -0.15) is 0 Å². The van der Waals surface area contributed by atoms with Crippen LogP contribution in [-0.4, -0.2) is 35.1 Å². The number of hydrogen-bond acceptors (Lipinski definition) is 3. The Balaban J connectivity index is 4.10. The Morgan fingerprint density at radius 2 is 1.50 bits per heavy atom. The first-order valence-corrected chi connectivity index (χ1v) is 10.5. The van der Waals surface area contributed by atoms with Gasteiger partial charge in [0.05, 0.1) is 0 Å². The van der Waals surface area contributed by atoms with Crippen LogP contribution in [-0.2, 0) is 0 Å². The van der Waals surface area contributed by atoms with E-state index in [-0.39, 0.29) is 12.3 Å². The van der Waals surface area contributed by atoms with Gasteiger partial charge in [0.25, 0.3) is 0 Å². The zero-order valence-electron chi connectivity index (χ0n) is 8.41. The molecule has 0 fully saturated rings. The minimum atomic E-state index is -4.21. The van der Waals surface area contributed by atoms with E-state index in [0.29, 0.717) is 0 Å². The van der Waals surface area contributed by atoms with Crippen LogP contribution in [0.15, 0.2) is 0 Å². The molecular formula is C7H21O3PSi.